The van der Waals surface area contributed by atoms with E-state index < -0.39 is 0 Å². The average Bonchev–Trinajstić information content (AvgIpc) is 2.91. The number of carbonyl (C=O) groups is 1. The zero-order chi connectivity index (χ0) is 15.0. The molecule has 0 saturated carbocycles. The van der Waals surface area contributed by atoms with Gasteiger partial charge < -0.3 is 11.1 Å². The molecule has 1 heterocycles. The number of halogens is 2. The van der Waals surface area contributed by atoms with E-state index >= 15 is 0 Å². The van der Waals surface area contributed by atoms with Crippen molar-refractivity contribution in [3.8, 4) is 0 Å². The number of carbonyl (C=O) groups excluding carboxylic acids is 1. The molecule has 0 bridgehead atoms. The molecule has 0 radical (unpaired) electrons. The molecule has 0 aliphatic carbocycles. The van der Waals surface area contributed by atoms with Crippen LogP contribution in [0.4, 0.5) is 11.4 Å². The maximum atomic E-state index is 12.2. The fourth-order valence-corrected chi connectivity index (χ4v) is 3.10. The molecule has 0 unspecified atom stereocenters. The van der Waals surface area contributed by atoms with Gasteiger partial charge in [-0.2, -0.15) is 0 Å². The Kier molecular flexibility index (Phi) is 3.76. The van der Waals surface area contributed by atoms with Crippen LogP contribution in [0.1, 0.15) is 10.4 Å². The van der Waals surface area contributed by atoms with Gasteiger partial charge in [0.05, 0.1) is 15.7 Å². The average molecular weight is 337 g/mol. The fourth-order valence-electron chi connectivity index (χ4n) is 1.99. The predicted octanol–water partition coefficient (Wildman–Crippen LogP) is 5.04. The molecule has 106 valence electrons. The second kappa shape index (κ2) is 5.56. The molecule has 3 N–H and O–H groups in total. The molecule has 6 heteroatoms. The molecule has 3 aromatic rings. The van der Waals surface area contributed by atoms with Crippen molar-refractivity contribution in [3.63, 3.8) is 0 Å². The molecule has 0 aliphatic rings. The van der Waals surface area contributed by atoms with E-state index in [-0.39, 0.29) is 21.6 Å². The van der Waals surface area contributed by atoms with Crippen LogP contribution >= 0.6 is 34.5 Å². The van der Waals surface area contributed by atoms with E-state index in [1.165, 1.54) is 16.8 Å². The van der Waals surface area contributed by atoms with Gasteiger partial charge in [0.1, 0.15) is 0 Å². The van der Waals surface area contributed by atoms with Gasteiger partial charge in [-0.15, -0.1) is 11.3 Å². The molecule has 3 rings (SSSR count). The highest BCUT2D eigenvalue weighted by atomic mass is 35.5. The standard InChI is InChI=1S/C15H10Cl2N2OS/c16-11-6-9(7-12(18)14(11)17)15(20)19-10-1-2-13-8(5-10)3-4-21-13/h1-7H,18H2,(H,19,20). The number of hydrogen-bond acceptors (Lipinski definition) is 3. The minimum atomic E-state index is -0.283. The van der Waals surface area contributed by atoms with E-state index in [1.807, 2.05) is 29.6 Å². The third-order valence-corrected chi connectivity index (χ3v) is 4.74. The van der Waals surface area contributed by atoms with E-state index in [1.54, 1.807) is 11.3 Å². The fraction of sp³-hybridized carbons (Fsp3) is 0. The summed E-state index contributed by atoms with van der Waals surface area (Å²) in [6.07, 6.45) is 0. The lowest BCUT2D eigenvalue weighted by Crippen LogP contribution is -2.12. The van der Waals surface area contributed by atoms with Gasteiger partial charge in [-0.05, 0) is 47.2 Å². The number of nitrogens with two attached hydrogens (primary N) is 1. The first-order chi connectivity index (χ1) is 10.0. The first-order valence-electron chi connectivity index (χ1n) is 6.08. The Morgan fingerprint density at radius 1 is 1.14 bits per heavy atom. The number of rotatable bonds is 2. The van der Waals surface area contributed by atoms with Crippen LogP contribution in [0.3, 0.4) is 0 Å². The van der Waals surface area contributed by atoms with Crippen molar-refractivity contribution >= 4 is 61.9 Å². The van der Waals surface area contributed by atoms with Crippen molar-refractivity contribution in [1.82, 2.24) is 0 Å². The lowest BCUT2D eigenvalue weighted by Gasteiger charge is -2.08. The van der Waals surface area contributed by atoms with Gasteiger partial charge in [-0.25, -0.2) is 0 Å². The van der Waals surface area contributed by atoms with Crippen LogP contribution in [0.25, 0.3) is 10.1 Å². The van der Waals surface area contributed by atoms with Gasteiger partial charge in [0, 0.05) is 16.0 Å². The van der Waals surface area contributed by atoms with Crippen molar-refractivity contribution in [1.29, 1.82) is 0 Å². The molecule has 0 atom stereocenters. The predicted molar refractivity (Wildman–Crippen MR) is 90.7 cm³/mol. The molecule has 3 nitrogen and oxygen atoms in total. The minimum Gasteiger partial charge on any atom is -0.397 e. The molecule has 1 aromatic heterocycles. The Bertz CT molecular complexity index is 822. The van der Waals surface area contributed by atoms with E-state index in [2.05, 4.69) is 5.32 Å². The largest absolute Gasteiger partial charge is 0.397 e. The van der Waals surface area contributed by atoms with Crippen molar-refractivity contribution in [2.24, 2.45) is 0 Å². The Hall–Kier alpha value is -1.75. The molecular weight excluding hydrogens is 327 g/mol. The Balaban J connectivity index is 1.88. The molecule has 1 amide bonds. The summed E-state index contributed by atoms with van der Waals surface area (Å²) >= 11 is 13.5. The Labute approximate surface area is 135 Å². The first kappa shape index (κ1) is 14.2. The monoisotopic (exact) mass is 336 g/mol. The second-order valence-electron chi connectivity index (χ2n) is 4.49. The highest BCUT2D eigenvalue weighted by molar-refractivity contribution is 7.17. The summed E-state index contributed by atoms with van der Waals surface area (Å²) in [5, 5.41) is 6.44. The summed E-state index contributed by atoms with van der Waals surface area (Å²) in [4.78, 5) is 12.2. The van der Waals surface area contributed by atoms with Crippen molar-refractivity contribution in [3.05, 3.63) is 57.4 Å². The van der Waals surface area contributed by atoms with Crippen LogP contribution in [0.5, 0.6) is 0 Å². The molecule has 2 aromatic carbocycles. The maximum absolute atomic E-state index is 12.2. The summed E-state index contributed by atoms with van der Waals surface area (Å²) < 4.78 is 1.17. The summed E-state index contributed by atoms with van der Waals surface area (Å²) in [6, 6.07) is 10.8. The van der Waals surface area contributed by atoms with Crippen LogP contribution in [-0.2, 0) is 0 Å². The highest BCUT2D eigenvalue weighted by Crippen LogP contribution is 2.30. The minimum absolute atomic E-state index is 0.257. The number of amides is 1. The summed E-state index contributed by atoms with van der Waals surface area (Å²) in [5.41, 5.74) is 7.08. The van der Waals surface area contributed by atoms with E-state index in [9.17, 15) is 4.79 Å². The van der Waals surface area contributed by atoms with Crippen LogP contribution < -0.4 is 11.1 Å². The molecular formula is C15H10Cl2N2OS. The van der Waals surface area contributed by atoms with Crippen molar-refractivity contribution in [2.75, 3.05) is 11.1 Å². The van der Waals surface area contributed by atoms with E-state index in [0.717, 1.165) is 11.1 Å². The number of thiophene rings is 1. The summed E-state index contributed by atoms with van der Waals surface area (Å²) in [6.45, 7) is 0. The summed E-state index contributed by atoms with van der Waals surface area (Å²) in [7, 11) is 0. The number of fused-ring (bicyclic) bond motifs is 1. The van der Waals surface area contributed by atoms with Gasteiger partial charge in [0.15, 0.2) is 0 Å². The normalized spacial score (nSPS) is 10.8. The summed E-state index contributed by atoms with van der Waals surface area (Å²) in [5.74, 6) is -0.283. The molecule has 0 aliphatic heterocycles. The van der Waals surface area contributed by atoms with Crippen molar-refractivity contribution in [2.45, 2.75) is 0 Å². The van der Waals surface area contributed by atoms with Gasteiger partial charge in [-0.1, -0.05) is 23.2 Å². The zero-order valence-corrected chi connectivity index (χ0v) is 13.0. The van der Waals surface area contributed by atoms with Crippen LogP contribution in [-0.4, -0.2) is 5.91 Å². The number of hydrogen-bond donors (Lipinski definition) is 2. The van der Waals surface area contributed by atoms with E-state index in [4.69, 9.17) is 28.9 Å². The van der Waals surface area contributed by atoms with Gasteiger partial charge in [-0.3, -0.25) is 4.79 Å². The van der Waals surface area contributed by atoms with Crippen molar-refractivity contribution < 1.29 is 4.79 Å². The Morgan fingerprint density at radius 3 is 2.71 bits per heavy atom. The lowest BCUT2D eigenvalue weighted by atomic mass is 10.1. The molecule has 21 heavy (non-hydrogen) atoms. The van der Waals surface area contributed by atoms with Gasteiger partial charge >= 0.3 is 0 Å². The molecule has 0 spiro atoms. The Morgan fingerprint density at radius 2 is 1.95 bits per heavy atom. The number of nitrogens with one attached hydrogen (secondary N) is 1. The topological polar surface area (TPSA) is 55.1 Å². The quantitative estimate of drug-likeness (QED) is 0.644. The molecule has 0 saturated heterocycles. The third-order valence-electron chi connectivity index (χ3n) is 3.03. The molecule has 0 fully saturated rings. The number of benzene rings is 2. The van der Waals surface area contributed by atoms with Crippen LogP contribution in [0.15, 0.2) is 41.8 Å². The number of anilines is 2. The maximum Gasteiger partial charge on any atom is 0.255 e. The van der Waals surface area contributed by atoms with Crippen LogP contribution in [0, 0.1) is 0 Å². The smallest absolute Gasteiger partial charge is 0.255 e. The third kappa shape index (κ3) is 2.83. The SMILES string of the molecule is Nc1cc(C(=O)Nc2ccc3sccc3c2)cc(Cl)c1Cl. The lowest BCUT2D eigenvalue weighted by molar-refractivity contribution is 0.102. The van der Waals surface area contributed by atoms with Gasteiger partial charge in [0.25, 0.3) is 5.91 Å². The van der Waals surface area contributed by atoms with Gasteiger partial charge in [0.2, 0.25) is 0 Å². The van der Waals surface area contributed by atoms with Crippen LogP contribution in [0.2, 0.25) is 10.0 Å². The number of nitrogen functional groups attached to an aromatic ring is 1. The second-order valence-corrected chi connectivity index (χ2v) is 6.22. The zero-order valence-electron chi connectivity index (χ0n) is 10.7. The first-order valence-corrected chi connectivity index (χ1v) is 7.71. The van der Waals surface area contributed by atoms with E-state index in [0.29, 0.717) is 5.56 Å². The highest BCUT2D eigenvalue weighted by Gasteiger charge is 2.12.